The van der Waals surface area contributed by atoms with E-state index in [1.54, 1.807) is 12.1 Å². The summed E-state index contributed by atoms with van der Waals surface area (Å²) < 4.78 is 26.9. The highest BCUT2D eigenvalue weighted by Crippen LogP contribution is 2.30. The highest BCUT2D eigenvalue weighted by atomic mass is 19.2. The van der Waals surface area contributed by atoms with Gasteiger partial charge in [0.05, 0.1) is 5.69 Å². The van der Waals surface area contributed by atoms with Crippen molar-refractivity contribution in [1.82, 2.24) is 0 Å². The van der Waals surface area contributed by atoms with Crippen LogP contribution >= 0.6 is 0 Å². The molecular weight excluding hydrogens is 222 g/mol. The van der Waals surface area contributed by atoms with Gasteiger partial charge >= 0.3 is 0 Å². The van der Waals surface area contributed by atoms with Crippen LogP contribution in [0.15, 0.2) is 18.2 Å². The molecule has 0 amide bonds. The fraction of sp³-hybridized carbons (Fsp3) is 0.538. The van der Waals surface area contributed by atoms with E-state index in [0.717, 1.165) is 12.5 Å². The number of rotatable bonds is 1. The Bertz CT molecular complexity index is 408. The van der Waals surface area contributed by atoms with Crippen LogP contribution in [0.2, 0.25) is 0 Å². The minimum absolute atomic E-state index is 0.120. The van der Waals surface area contributed by atoms with Gasteiger partial charge < -0.3 is 10.6 Å². The van der Waals surface area contributed by atoms with E-state index in [0.29, 0.717) is 12.2 Å². The number of nitrogens with two attached hydrogens (primary N) is 1. The molecule has 0 aromatic heterocycles. The Kier molecular flexibility index (Phi) is 3.33. The quantitative estimate of drug-likeness (QED) is 0.817. The van der Waals surface area contributed by atoms with Gasteiger partial charge in [-0.1, -0.05) is 13.0 Å². The molecule has 0 spiro atoms. The summed E-state index contributed by atoms with van der Waals surface area (Å²) in [6.45, 7) is 4.74. The molecule has 3 atom stereocenters. The van der Waals surface area contributed by atoms with Crippen molar-refractivity contribution >= 4 is 5.69 Å². The van der Waals surface area contributed by atoms with E-state index >= 15 is 0 Å². The summed E-state index contributed by atoms with van der Waals surface area (Å²) in [6.07, 6.45) is 0.807. The third kappa shape index (κ3) is 2.14. The first kappa shape index (κ1) is 12.3. The second kappa shape index (κ2) is 4.61. The van der Waals surface area contributed by atoms with E-state index < -0.39 is 11.6 Å². The summed E-state index contributed by atoms with van der Waals surface area (Å²) in [4.78, 5) is 1.91. The van der Waals surface area contributed by atoms with Gasteiger partial charge in [0.1, 0.15) is 0 Å². The number of anilines is 1. The van der Waals surface area contributed by atoms with Gasteiger partial charge in [-0.15, -0.1) is 0 Å². The van der Waals surface area contributed by atoms with E-state index in [9.17, 15) is 8.78 Å². The highest BCUT2D eigenvalue weighted by Gasteiger charge is 2.31. The van der Waals surface area contributed by atoms with Crippen LogP contribution in [0.5, 0.6) is 0 Å². The normalized spacial score (nSPS) is 29.5. The van der Waals surface area contributed by atoms with E-state index in [1.165, 1.54) is 0 Å². The van der Waals surface area contributed by atoms with Crippen molar-refractivity contribution in [2.24, 2.45) is 11.7 Å². The van der Waals surface area contributed by atoms with Crippen LogP contribution in [0.25, 0.3) is 0 Å². The molecule has 1 aliphatic rings. The zero-order valence-corrected chi connectivity index (χ0v) is 10.2. The van der Waals surface area contributed by atoms with Crippen molar-refractivity contribution in [1.29, 1.82) is 0 Å². The molecule has 1 saturated heterocycles. The molecule has 4 heteroatoms. The van der Waals surface area contributed by atoms with Gasteiger partial charge in [-0.05, 0) is 31.4 Å². The Morgan fingerprint density at radius 2 is 2.00 bits per heavy atom. The van der Waals surface area contributed by atoms with Crippen molar-refractivity contribution in [3.05, 3.63) is 29.8 Å². The van der Waals surface area contributed by atoms with Crippen LogP contribution in [-0.4, -0.2) is 18.6 Å². The molecule has 1 fully saturated rings. The number of nitrogens with zero attached hydrogens (tertiary/aromatic N) is 1. The summed E-state index contributed by atoms with van der Waals surface area (Å²) >= 11 is 0. The molecule has 0 saturated carbocycles. The number of hydrogen-bond acceptors (Lipinski definition) is 2. The fourth-order valence-electron chi connectivity index (χ4n) is 2.45. The molecule has 0 aliphatic carbocycles. The predicted molar refractivity (Wildman–Crippen MR) is 64.9 cm³/mol. The summed E-state index contributed by atoms with van der Waals surface area (Å²) in [5.74, 6) is -1.29. The number of piperidine rings is 1. The maximum absolute atomic E-state index is 13.7. The average Bonchev–Trinajstić information content (AvgIpc) is 2.31. The molecule has 1 aromatic rings. The van der Waals surface area contributed by atoms with Gasteiger partial charge in [0.15, 0.2) is 11.6 Å². The zero-order chi connectivity index (χ0) is 12.6. The largest absolute Gasteiger partial charge is 0.366 e. The van der Waals surface area contributed by atoms with Crippen LogP contribution in [-0.2, 0) is 0 Å². The maximum Gasteiger partial charge on any atom is 0.182 e. The Morgan fingerprint density at radius 1 is 1.29 bits per heavy atom. The van der Waals surface area contributed by atoms with Gasteiger partial charge in [0.2, 0.25) is 0 Å². The lowest BCUT2D eigenvalue weighted by Gasteiger charge is -2.42. The van der Waals surface area contributed by atoms with Crippen LogP contribution in [0, 0.1) is 17.6 Å². The van der Waals surface area contributed by atoms with E-state index in [4.69, 9.17) is 5.73 Å². The summed E-state index contributed by atoms with van der Waals surface area (Å²) in [6, 6.07) is 4.56. The molecule has 1 aliphatic heterocycles. The molecule has 17 heavy (non-hydrogen) atoms. The number of halogens is 2. The van der Waals surface area contributed by atoms with Gasteiger partial charge in [-0.2, -0.15) is 0 Å². The summed E-state index contributed by atoms with van der Waals surface area (Å²) in [5.41, 5.74) is 6.33. The van der Waals surface area contributed by atoms with Crippen molar-refractivity contribution in [3.63, 3.8) is 0 Å². The lowest BCUT2D eigenvalue weighted by Crippen LogP contribution is -2.52. The fourth-order valence-corrected chi connectivity index (χ4v) is 2.45. The summed E-state index contributed by atoms with van der Waals surface area (Å²) in [7, 11) is 0. The number of hydrogen-bond donors (Lipinski definition) is 1. The molecule has 1 heterocycles. The number of benzene rings is 1. The standard InChI is InChI=1S/C13H18F2N2/c1-8-9(2)17(7-6-11(8)16)12-5-3-4-10(14)13(12)15/h3-5,8-9,11H,6-7,16H2,1-2H3. The van der Waals surface area contributed by atoms with Crippen molar-refractivity contribution in [2.75, 3.05) is 11.4 Å². The molecule has 2 nitrogen and oxygen atoms in total. The van der Waals surface area contributed by atoms with E-state index in [-0.39, 0.29) is 18.0 Å². The minimum Gasteiger partial charge on any atom is -0.366 e. The lowest BCUT2D eigenvalue weighted by atomic mass is 9.87. The third-order valence-electron chi connectivity index (χ3n) is 3.87. The first-order valence-electron chi connectivity index (χ1n) is 5.98. The molecule has 0 bridgehead atoms. The molecule has 2 rings (SSSR count). The smallest absolute Gasteiger partial charge is 0.182 e. The van der Waals surface area contributed by atoms with Gasteiger partial charge in [-0.3, -0.25) is 0 Å². The maximum atomic E-state index is 13.7. The van der Waals surface area contributed by atoms with Gasteiger partial charge in [0, 0.05) is 18.6 Å². The Morgan fingerprint density at radius 3 is 2.71 bits per heavy atom. The van der Waals surface area contributed by atoms with Crippen molar-refractivity contribution in [3.8, 4) is 0 Å². The van der Waals surface area contributed by atoms with Gasteiger partial charge in [-0.25, -0.2) is 8.78 Å². The topological polar surface area (TPSA) is 29.3 Å². The van der Waals surface area contributed by atoms with Crippen molar-refractivity contribution in [2.45, 2.75) is 32.4 Å². The summed E-state index contributed by atoms with van der Waals surface area (Å²) in [5, 5.41) is 0. The molecule has 94 valence electrons. The zero-order valence-electron chi connectivity index (χ0n) is 10.2. The molecule has 1 aromatic carbocycles. The molecular formula is C13H18F2N2. The van der Waals surface area contributed by atoms with Crippen LogP contribution < -0.4 is 10.6 Å². The Labute approximate surface area is 100 Å². The van der Waals surface area contributed by atoms with Crippen LogP contribution in [0.4, 0.5) is 14.5 Å². The van der Waals surface area contributed by atoms with E-state index in [2.05, 4.69) is 6.92 Å². The average molecular weight is 240 g/mol. The molecule has 3 unspecified atom stereocenters. The second-order valence-electron chi connectivity index (χ2n) is 4.82. The monoisotopic (exact) mass is 240 g/mol. The Hall–Kier alpha value is -1.16. The molecule has 0 radical (unpaired) electrons. The first-order chi connectivity index (χ1) is 8.02. The lowest BCUT2D eigenvalue weighted by molar-refractivity contribution is 0.312. The van der Waals surface area contributed by atoms with Crippen molar-refractivity contribution < 1.29 is 8.78 Å². The SMILES string of the molecule is CC1C(N)CCN(c2cccc(F)c2F)C1C. The first-order valence-corrected chi connectivity index (χ1v) is 5.98. The van der Waals surface area contributed by atoms with E-state index in [1.807, 2.05) is 11.8 Å². The highest BCUT2D eigenvalue weighted by molar-refractivity contribution is 5.49. The molecule has 2 N–H and O–H groups in total. The predicted octanol–water partition coefficient (Wildman–Crippen LogP) is 2.53. The van der Waals surface area contributed by atoms with Crippen LogP contribution in [0.3, 0.4) is 0 Å². The second-order valence-corrected chi connectivity index (χ2v) is 4.82. The van der Waals surface area contributed by atoms with Gasteiger partial charge in [0.25, 0.3) is 0 Å². The Balaban J connectivity index is 2.31. The third-order valence-corrected chi connectivity index (χ3v) is 3.87. The minimum atomic E-state index is -0.794. The van der Waals surface area contributed by atoms with Crippen LogP contribution in [0.1, 0.15) is 20.3 Å².